The second-order valence-corrected chi connectivity index (χ2v) is 11.0. The Morgan fingerprint density at radius 1 is 1.00 bits per heavy atom. The number of halogens is 1. The molecule has 1 fully saturated rings. The number of nitrogens with zero attached hydrogens (tertiary/aromatic N) is 5. The van der Waals surface area contributed by atoms with E-state index in [9.17, 15) is 9.90 Å². The molecule has 0 amide bonds. The van der Waals surface area contributed by atoms with Crippen LogP contribution in [-0.4, -0.2) is 35.6 Å². The summed E-state index contributed by atoms with van der Waals surface area (Å²) >= 11 is 5.95. The number of imidazole rings is 1. The number of hydrogen-bond acceptors (Lipinski definition) is 6. The summed E-state index contributed by atoms with van der Waals surface area (Å²) < 4.78 is 8.27. The van der Waals surface area contributed by atoms with Gasteiger partial charge in [0.05, 0.1) is 27.7 Å². The number of carbonyl (C=O) groups is 1. The highest BCUT2D eigenvalue weighted by Crippen LogP contribution is 2.39. The monoisotopic (exact) mass is 567 g/mol. The molecule has 1 saturated carbocycles. The molecule has 41 heavy (non-hydrogen) atoms. The van der Waals surface area contributed by atoms with Crippen LogP contribution in [0.15, 0.2) is 73.2 Å². The number of aliphatic carboxylic acids is 1. The predicted molar refractivity (Wildman–Crippen MR) is 157 cm³/mol. The summed E-state index contributed by atoms with van der Waals surface area (Å²) in [6.07, 6.45) is 8.38. The van der Waals surface area contributed by atoms with Crippen molar-refractivity contribution in [3.05, 3.63) is 101 Å². The molecule has 2 aromatic carbocycles. The number of aryl methyl sites for hydroxylation is 1. The number of pyridine rings is 1. The van der Waals surface area contributed by atoms with Crippen molar-refractivity contribution in [2.24, 2.45) is 5.92 Å². The molecule has 8 nitrogen and oxygen atoms in total. The lowest BCUT2D eigenvalue weighted by molar-refractivity contribution is -0.143. The summed E-state index contributed by atoms with van der Waals surface area (Å²) in [5.41, 5.74) is 5.63. The summed E-state index contributed by atoms with van der Waals surface area (Å²) in [5, 5.41) is 10.5. The van der Waals surface area contributed by atoms with Crippen molar-refractivity contribution in [2.45, 2.75) is 51.7 Å². The molecule has 0 unspecified atom stereocenters. The first-order valence-electron chi connectivity index (χ1n) is 13.8. The molecule has 1 aliphatic rings. The molecule has 0 bridgehead atoms. The Kier molecular flexibility index (Phi) is 7.65. The smallest absolute Gasteiger partial charge is 0.307 e. The molecule has 0 saturated heterocycles. The average molecular weight is 568 g/mol. The molecular formula is C32H30ClN5O3. The number of rotatable bonds is 8. The molecule has 9 heteroatoms. The Morgan fingerprint density at radius 3 is 2.51 bits per heavy atom. The standard InChI is InChI=1S/C32H30ClN5O3/c1-20-6-11-24(34-15-20)19-41-25-12-13-28-29(14-25)38(31(37-28)26-4-2-3-5-27(26)32(39)40)18-21-7-9-22(10-8-21)30-35-16-23(33)17-36-30/h6-17,26-27H,2-5,18-19H2,1H3,(H,39,40)/t26-,27+/m1/s1. The third-order valence-corrected chi connectivity index (χ3v) is 7.89. The van der Waals surface area contributed by atoms with Crippen molar-refractivity contribution < 1.29 is 14.6 Å². The highest BCUT2D eigenvalue weighted by Gasteiger charge is 2.35. The Hall–Kier alpha value is -4.30. The number of carboxylic acid groups (broad SMARTS) is 1. The van der Waals surface area contributed by atoms with Crippen LogP contribution in [0, 0.1) is 12.8 Å². The lowest BCUT2D eigenvalue weighted by Gasteiger charge is -2.28. The van der Waals surface area contributed by atoms with Gasteiger partial charge in [0.2, 0.25) is 0 Å². The van der Waals surface area contributed by atoms with E-state index in [-0.39, 0.29) is 5.92 Å². The maximum atomic E-state index is 12.2. The summed E-state index contributed by atoms with van der Waals surface area (Å²) in [4.78, 5) is 30.3. The number of fused-ring (bicyclic) bond motifs is 1. The van der Waals surface area contributed by atoms with Crippen LogP contribution in [-0.2, 0) is 17.9 Å². The van der Waals surface area contributed by atoms with E-state index in [0.717, 1.165) is 58.5 Å². The van der Waals surface area contributed by atoms with Crippen LogP contribution in [0.4, 0.5) is 0 Å². The van der Waals surface area contributed by atoms with Crippen molar-refractivity contribution in [3.8, 4) is 17.1 Å². The summed E-state index contributed by atoms with van der Waals surface area (Å²) in [6.45, 7) is 2.90. The fourth-order valence-corrected chi connectivity index (χ4v) is 5.64. The summed E-state index contributed by atoms with van der Waals surface area (Å²) in [5.74, 6) is 0.765. The molecule has 1 N–H and O–H groups in total. The van der Waals surface area contributed by atoms with Crippen LogP contribution in [0.2, 0.25) is 5.02 Å². The molecule has 1 aliphatic carbocycles. The van der Waals surface area contributed by atoms with Gasteiger partial charge in [0.1, 0.15) is 18.2 Å². The third kappa shape index (κ3) is 5.93. The van der Waals surface area contributed by atoms with Crippen LogP contribution >= 0.6 is 11.6 Å². The Labute approximate surface area is 243 Å². The lowest BCUT2D eigenvalue weighted by atomic mass is 9.78. The van der Waals surface area contributed by atoms with E-state index < -0.39 is 11.9 Å². The zero-order valence-electron chi connectivity index (χ0n) is 22.7. The first kappa shape index (κ1) is 26.9. The zero-order chi connectivity index (χ0) is 28.3. The van der Waals surface area contributed by atoms with Gasteiger partial charge in [0, 0.05) is 42.7 Å². The summed E-state index contributed by atoms with van der Waals surface area (Å²) in [6, 6.07) is 17.9. The first-order valence-corrected chi connectivity index (χ1v) is 14.2. The largest absolute Gasteiger partial charge is 0.487 e. The van der Waals surface area contributed by atoms with Crippen molar-refractivity contribution in [1.29, 1.82) is 0 Å². The van der Waals surface area contributed by atoms with E-state index in [2.05, 4.69) is 19.5 Å². The minimum atomic E-state index is -0.754. The Balaban J connectivity index is 1.35. The van der Waals surface area contributed by atoms with E-state index in [1.54, 1.807) is 12.4 Å². The Bertz CT molecular complexity index is 1670. The van der Waals surface area contributed by atoms with Crippen LogP contribution in [0.1, 0.15) is 54.2 Å². The number of ether oxygens (including phenoxy) is 1. The number of benzene rings is 2. The van der Waals surface area contributed by atoms with Gasteiger partial charge in [-0.1, -0.05) is 54.8 Å². The van der Waals surface area contributed by atoms with Gasteiger partial charge in [-0.3, -0.25) is 9.78 Å². The van der Waals surface area contributed by atoms with Gasteiger partial charge in [-0.15, -0.1) is 0 Å². The van der Waals surface area contributed by atoms with Gasteiger partial charge >= 0.3 is 5.97 Å². The average Bonchev–Trinajstić information content (AvgIpc) is 3.35. The minimum absolute atomic E-state index is 0.156. The van der Waals surface area contributed by atoms with Gasteiger partial charge < -0.3 is 14.4 Å². The molecule has 0 radical (unpaired) electrons. The van der Waals surface area contributed by atoms with Crippen molar-refractivity contribution >= 4 is 28.6 Å². The van der Waals surface area contributed by atoms with Crippen molar-refractivity contribution in [1.82, 2.24) is 24.5 Å². The SMILES string of the molecule is Cc1ccc(COc2ccc3nc([C@@H]4CCCC[C@@H]4C(=O)O)n(Cc4ccc(-c5ncc(Cl)cn5)cc4)c3c2)nc1. The molecule has 5 aromatic rings. The molecule has 6 rings (SSSR count). The van der Waals surface area contributed by atoms with E-state index in [1.165, 1.54) is 0 Å². The van der Waals surface area contributed by atoms with E-state index in [1.807, 2.05) is 67.7 Å². The summed E-state index contributed by atoms with van der Waals surface area (Å²) in [7, 11) is 0. The van der Waals surface area contributed by atoms with E-state index >= 15 is 0 Å². The topological polar surface area (TPSA) is 103 Å². The lowest BCUT2D eigenvalue weighted by Crippen LogP contribution is -2.27. The van der Waals surface area contributed by atoms with Gasteiger partial charge in [0.15, 0.2) is 5.82 Å². The van der Waals surface area contributed by atoms with Crippen LogP contribution in [0.5, 0.6) is 5.75 Å². The van der Waals surface area contributed by atoms with Gasteiger partial charge in [-0.2, -0.15) is 0 Å². The van der Waals surface area contributed by atoms with Crippen molar-refractivity contribution in [2.75, 3.05) is 0 Å². The number of carboxylic acids is 1. The molecule has 0 spiro atoms. The quantitative estimate of drug-likeness (QED) is 0.219. The van der Waals surface area contributed by atoms with Crippen LogP contribution < -0.4 is 4.74 Å². The second kappa shape index (κ2) is 11.7. The number of aromatic nitrogens is 5. The van der Waals surface area contributed by atoms with Gasteiger partial charge in [-0.25, -0.2) is 15.0 Å². The Morgan fingerprint density at radius 2 is 1.78 bits per heavy atom. The molecule has 3 aromatic heterocycles. The van der Waals surface area contributed by atoms with Gasteiger partial charge in [0.25, 0.3) is 0 Å². The van der Waals surface area contributed by atoms with Crippen LogP contribution in [0.3, 0.4) is 0 Å². The normalized spacial score (nSPS) is 17.0. The molecular weight excluding hydrogens is 538 g/mol. The maximum absolute atomic E-state index is 12.2. The maximum Gasteiger partial charge on any atom is 0.307 e. The second-order valence-electron chi connectivity index (χ2n) is 10.6. The predicted octanol–water partition coefficient (Wildman–Crippen LogP) is 6.84. The fourth-order valence-electron chi connectivity index (χ4n) is 5.54. The minimum Gasteiger partial charge on any atom is -0.487 e. The molecule has 3 heterocycles. The fraction of sp³-hybridized carbons (Fsp3) is 0.281. The first-order chi connectivity index (χ1) is 19.9. The van der Waals surface area contributed by atoms with E-state index in [0.29, 0.717) is 36.2 Å². The zero-order valence-corrected chi connectivity index (χ0v) is 23.5. The van der Waals surface area contributed by atoms with Gasteiger partial charge in [-0.05, 0) is 49.1 Å². The highest BCUT2D eigenvalue weighted by molar-refractivity contribution is 6.30. The third-order valence-electron chi connectivity index (χ3n) is 7.70. The number of hydrogen-bond donors (Lipinski definition) is 1. The van der Waals surface area contributed by atoms with Crippen LogP contribution in [0.25, 0.3) is 22.4 Å². The highest BCUT2D eigenvalue weighted by atomic mass is 35.5. The van der Waals surface area contributed by atoms with E-state index in [4.69, 9.17) is 21.3 Å². The van der Waals surface area contributed by atoms with Crippen molar-refractivity contribution in [3.63, 3.8) is 0 Å². The molecule has 2 atom stereocenters. The molecule has 208 valence electrons. The molecule has 0 aliphatic heterocycles.